The molecule has 166 valence electrons. The van der Waals surface area contributed by atoms with Crippen molar-refractivity contribution in [2.24, 2.45) is 4.99 Å². The summed E-state index contributed by atoms with van der Waals surface area (Å²) >= 11 is 1.78. The first-order chi connectivity index (χ1) is 14.2. The van der Waals surface area contributed by atoms with Gasteiger partial charge in [0.25, 0.3) is 0 Å². The zero-order valence-electron chi connectivity index (χ0n) is 18.2. The molecular weight excluding hydrogens is 509 g/mol. The number of benzene rings is 1. The van der Waals surface area contributed by atoms with E-state index in [4.69, 9.17) is 9.73 Å². The van der Waals surface area contributed by atoms with Crippen LogP contribution in [-0.4, -0.2) is 55.2 Å². The lowest BCUT2D eigenvalue weighted by Crippen LogP contribution is -2.38. The van der Waals surface area contributed by atoms with Crippen molar-refractivity contribution in [3.8, 4) is 0 Å². The number of morpholine rings is 1. The second-order valence-electron chi connectivity index (χ2n) is 7.27. The molecule has 0 saturated carbocycles. The third-order valence-corrected chi connectivity index (χ3v) is 6.14. The lowest BCUT2D eigenvalue weighted by molar-refractivity contribution is 0.0341. The van der Waals surface area contributed by atoms with E-state index in [1.54, 1.807) is 11.3 Å². The van der Waals surface area contributed by atoms with Crippen LogP contribution in [0.2, 0.25) is 0 Å². The molecule has 2 aromatic rings. The van der Waals surface area contributed by atoms with Crippen molar-refractivity contribution in [2.75, 3.05) is 39.4 Å². The third-order valence-electron chi connectivity index (χ3n) is 5.01. The molecular formula is C22H34IN5OS. The first-order valence-electron chi connectivity index (χ1n) is 10.5. The molecule has 2 N–H and O–H groups in total. The van der Waals surface area contributed by atoms with Crippen molar-refractivity contribution in [1.82, 2.24) is 20.5 Å². The molecule has 0 spiro atoms. The fourth-order valence-electron chi connectivity index (χ4n) is 3.47. The summed E-state index contributed by atoms with van der Waals surface area (Å²) in [6.07, 6.45) is 0.968. The summed E-state index contributed by atoms with van der Waals surface area (Å²) in [7, 11) is 0. The van der Waals surface area contributed by atoms with E-state index in [0.29, 0.717) is 6.54 Å². The van der Waals surface area contributed by atoms with Crippen LogP contribution < -0.4 is 10.6 Å². The molecule has 1 saturated heterocycles. The number of ether oxygens (including phenoxy) is 1. The van der Waals surface area contributed by atoms with Crippen LogP contribution in [0.3, 0.4) is 0 Å². The van der Waals surface area contributed by atoms with E-state index in [0.717, 1.165) is 69.0 Å². The van der Waals surface area contributed by atoms with Gasteiger partial charge in [0.1, 0.15) is 0 Å². The fourth-order valence-corrected chi connectivity index (χ4v) is 4.41. The highest BCUT2D eigenvalue weighted by atomic mass is 127. The van der Waals surface area contributed by atoms with E-state index < -0.39 is 0 Å². The number of aromatic nitrogens is 1. The molecule has 30 heavy (non-hydrogen) atoms. The summed E-state index contributed by atoms with van der Waals surface area (Å²) in [6.45, 7) is 13.2. The molecule has 2 heterocycles. The highest BCUT2D eigenvalue weighted by molar-refractivity contribution is 14.0. The topological polar surface area (TPSA) is 61.8 Å². The Labute approximate surface area is 201 Å². The molecule has 1 aromatic carbocycles. The smallest absolute Gasteiger partial charge is 0.191 e. The standard InChI is InChI=1S/C22H33N5OS.HI/c1-4-23-22(24-10-9-21-17(2)26-18(3)29-21)25-15-19-7-5-6-8-20(19)16-27-11-13-28-14-12-27;/h5-8H,4,9-16H2,1-3H3,(H2,23,24,25);1H. The molecule has 0 atom stereocenters. The van der Waals surface area contributed by atoms with Gasteiger partial charge in [0, 0.05) is 44.0 Å². The number of hydrogen-bond acceptors (Lipinski definition) is 5. The van der Waals surface area contributed by atoms with Crippen LogP contribution in [0.4, 0.5) is 0 Å². The van der Waals surface area contributed by atoms with Crippen molar-refractivity contribution in [3.63, 3.8) is 0 Å². The van der Waals surface area contributed by atoms with Crippen LogP contribution in [0.1, 0.15) is 33.6 Å². The van der Waals surface area contributed by atoms with Crippen LogP contribution in [0, 0.1) is 13.8 Å². The highest BCUT2D eigenvalue weighted by Crippen LogP contribution is 2.17. The average molecular weight is 544 g/mol. The minimum atomic E-state index is 0. The van der Waals surface area contributed by atoms with Gasteiger partial charge < -0.3 is 15.4 Å². The van der Waals surface area contributed by atoms with Gasteiger partial charge in [-0.25, -0.2) is 9.98 Å². The number of nitrogens with zero attached hydrogens (tertiary/aromatic N) is 3. The maximum absolute atomic E-state index is 5.47. The summed E-state index contributed by atoms with van der Waals surface area (Å²) in [5.41, 5.74) is 3.78. The number of halogens is 1. The molecule has 0 unspecified atom stereocenters. The number of thiazole rings is 1. The van der Waals surface area contributed by atoms with Crippen molar-refractivity contribution >= 4 is 41.3 Å². The van der Waals surface area contributed by atoms with E-state index in [1.165, 1.54) is 16.0 Å². The minimum absolute atomic E-state index is 0. The van der Waals surface area contributed by atoms with Gasteiger partial charge >= 0.3 is 0 Å². The zero-order valence-corrected chi connectivity index (χ0v) is 21.4. The van der Waals surface area contributed by atoms with Crippen LogP contribution in [-0.2, 0) is 24.2 Å². The second-order valence-corrected chi connectivity index (χ2v) is 8.56. The summed E-state index contributed by atoms with van der Waals surface area (Å²) < 4.78 is 5.47. The van der Waals surface area contributed by atoms with Gasteiger partial charge in [-0.05, 0) is 31.9 Å². The maximum atomic E-state index is 5.47. The summed E-state index contributed by atoms with van der Waals surface area (Å²) in [6, 6.07) is 8.62. The Kier molecular flexibility index (Phi) is 11.0. The van der Waals surface area contributed by atoms with Gasteiger partial charge in [0.15, 0.2) is 5.96 Å². The first-order valence-corrected chi connectivity index (χ1v) is 11.3. The second kappa shape index (κ2) is 13.2. The third kappa shape index (κ3) is 7.79. The number of hydrogen-bond donors (Lipinski definition) is 2. The van der Waals surface area contributed by atoms with Crippen LogP contribution in [0.25, 0.3) is 0 Å². The Morgan fingerprint density at radius 1 is 1.17 bits per heavy atom. The molecule has 6 nitrogen and oxygen atoms in total. The van der Waals surface area contributed by atoms with E-state index in [9.17, 15) is 0 Å². The van der Waals surface area contributed by atoms with Gasteiger partial charge in [-0.15, -0.1) is 35.3 Å². The number of guanidine groups is 1. The first kappa shape index (κ1) is 25.0. The van der Waals surface area contributed by atoms with Gasteiger partial charge in [0.2, 0.25) is 0 Å². The van der Waals surface area contributed by atoms with Crippen LogP contribution in [0.5, 0.6) is 0 Å². The van der Waals surface area contributed by atoms with Gasteiger partial charge in [-0.2, -0.15) is 0 Å². The van der Waals surface area contributed by atoms with E-state index >= 15 is 0 Å². The van der Waals surface area contributed by atoms with Crippen molar-refractivity contribution in [3.05, 3.63) is 51.0 Å². The molecule has 1 fully saturated rings. The minimum Gasteiger partial charge on any atom is -0.379 e. The molecule has 1 aliphatic heterocycles. The van der Waals surface area contributed by atoms with E-state index in [2.05, 4.69) is 65.6 Å². The van der Waals surface area contributed by atoms with Crippen molar-refractivity contribution < 1.29 is 4.74 Å². The molecule has 8 heteroatoms. The average Bonchev–Trinajstić information content (AvgIpc) is 3.05. The Balaban J connectivity index is 0.00000320. The number of aryl methyl sites for hydroxylation is 2. The highest BCUT2D eigenvalue weighted by Gasteiger charge is 2.12. The van der Waals surface area contributed by atoms with Gasteiger partial charge in [-0.3, -0.25) is 4.90 Å². The Hall–Kier alpha value is -1.23. The predicted octanol–water partition coefficient (Wildman–Crippen LogP) is 3.51. The number of aliphatic imine (C=N–C) groups is 1. The normalized spacial score (nSPS) is 15.0. The Morgan fingerprint density at radius 2 is 1.90 bits per heavy atom. The largest absolute Gasteiger partial charge is 0.379 e. The quantitative estimate of drug-likeness (QED) is 0.303. The summed E-state index contributed by atoms with van der Waals surface area (Å²) in [4.78, 5) is 13.1. The fraction of sp³-hybridized carbons (Fsp3) is 0.545. The maximum Gasteiger partial charge on any atom is 0.191 e. The Morgan fingerprint density at radius 3 is 2.57 bits per heavy atom. The van der Waals surface area contributed by atoms with E-state index in [1.807, 2.05) is 0 Å². The number of nitrogens with one attached hydrogen (secondary N) is 2. The van der Waals surface area contributed by atoms with Gasteiger partial charge in [-0.1, -0.05) is 24.3 Å². The molecule has 0 radical (unpaired) electrons. The zero-order chi connectivity index (χ0) is 20.5. The van der Waals surface area contributed by atoms with Gasteiger partial charge in [0.05, 0.1) is 30.5 Å². The predicted molar refractivity (Wildman–Crippen MR) is 136 cm³/mol. The monoisotopic (exact) mass is 543 g/mol. The Bertz CT molecular complexity index is 805. The molecule has 0 bridgehead atoms. The SMILES string of the molecule is CCNC(=NCc1ccccc1CN1CCOCC1)NCCc1sc(C)nc1C.I. The molecule has 1 aromatic heterocycles. The lowest BCUT2D eigenvalue weighted by atomic mass is 10.1. The van der Waals surface area contributed by atoms with Crippen LogP contribution >= 0.6 is 35.3 Å². The summed E-state index contributed by atoms with van der Waals surface area (Å²) in [5.74, 6) is 0.868. The molecule has 0 amide bonds. The summed E-state index contributed by atoms with van der Waals surface area (Å²) in [5, 5.41) is 7.96. The van der Waals surface area contributed by atoms with E-state index in [-0.39, 0.29) is 24.0 Å². The van der Waals surface area contributed by atoms with Crippen LogP contribution in [0.15, 0.2) is 29.3 Å². The lowest BCUT2D eigenvalue weighted by Gasteiger charge is -2.27. The molecule has 0 aliphatic carbocycles. The van der Waals surface area contributed by atoms with Crippen molar-refractivity contribution in [1.29, 1.82) is 0 Å². The van der Waals surface area contributed by atoms with Crippen molar-refractivity contribution in [2.45, 2.75) is 40.3 Å². The molecule has 1 aliphatic rings. The number of rotatable bonds is 8. The molecule has 3 rings (SSSR count).